The van der Waals surface area contributed by atoms with Gasteiger partial charge in [0, 0.05) is 37.3 Å². The zero-order valence-electron chi connectivity index (χ0n) is 18.7. The number of carbonyl (C=O) groups is 2. The smallest absolute Gasteiger partial charge is 0.290 e. The number of aliphatic hydroxyl groups excluding tert-OH is 1. The maximum Gasteiger partial charge on any atom is 0.290 e. The number of ether oxygens (including phenoxy) is 1. The molecule has 1 aliphatic carbocycles. The molecule has 32 heavy (non-hydrogen) atoms. The number of aliphatic hydroxyl groups is 1. The van der Waals surface area contributed by atoms with Crippen LogP contribution in [-0.2, 0) is 9.59 Å². The van der Waals surface area contributed by atoms with Gasteiger partial charge >= 0.3 is 0 Å². The Hall–Kier alpha value is -2.46. The molecule has 3 N–H and O–H groups in total. The van der Waals surface area contributed by atoms with Crippen molar-refractivity contribution in [1.82, 2.24) is 19.8 Å². The van der Waals surface area contributed by atoms with Crippen LogP contribution in [0.25, 0.3) is 0 Å². The second kappa shape index (κ2) is 12.0. The van der Waals surface area contributed by atoms with Crippen molar-refractivity contribution < 1.29 is 24.5 Å². The highest BCUT2D eigenvalue weighted by molar-refractivity contribution is 5.79. The number of β-amino-alcohol motifs (C(OH)–C–C–N with tert-alkyl or cyclic N) is 1. The fourth-order valence-electron chi connectivity index (χ4n) is 5.01. The molecule has 2 saturated heterocycles. The average Bonchev–Trinajstić information content (AvgIpc) is 3.22. The Kier molecular flexibility index (Phi) is 9.04. The van der Waals surface area contributed by atoms with Crippen LogP contribution in [0, 0.1) is 5.92 Å². The van der Waals surface area contributed by atoms with Crippen LogP contribution in [0.15, 0.2) is 12.3 Å². The molecule has 3 aliphatic rings. The first-order chi connectivity index (χ1) is 15.5. The van der Waals surface area contributed by atoms with Crippen molar-refractivity contribution in [2.24, 2.45) is 5.92 Å². The van der Waals surface area contributed by atoms with Gasteiger partial charge in [-0.3, -0.25) is 14.5 Å². The number of hydrogen-bond donors (Lipinski definition) is 3. The molecular weight excluding hydrogens is 414 g/mol. The molecule has 2 aliphatic heterocycles. The number of hydrogen-bond acceptors (Lipinski definition) is 8. The third-order valence-electron chi connectivity index (χ3n) is 6.68. The van der Waals surface area contributed by atoms with Gasteiger partial charge in [0.1, 0.15) is 0 Å². The van der Waals surface area contributed by atoms with E-state index in [0.29, 0.717) is 24.9 Å². The molecule has 10 nitrogen and oxygen atoms in total. The Labute approximate surface area is 189 Å². The Morgan fingerprint density at radius 1 is 1.19 bits per heavy atom. The van der Waals surface area contributed by atoms with E-state index in [9.17, 15) is 9.90 Å². The van der Waals surface area contributed by atoms with E-state index in [-0.39, 0.29) is 30.4 Å². The van der Waals surface area contributed by atoms with Crippen LogP contribution < -0.4 is 10.1 Å². The zero-order valence-corrected chi connectivity index (χ0v) is 18.7. The van der Waals surface area contributed by atoms with E-state index in [1.807, 2.05) is 4.90 Å². The lowest BCUT2D eigenvalue weighted by molar-refractivity contribution is -0.136. The SMILES string of the molecule is COc1ccnc(NC2CCC(C(=O)N3C[C@H](O)[C@@H](N4CCCCC4)C3)CC2)n1.O=CO. The maximum atomic E-state index is 13.1. The Morgan fingerprint density at radius 3 is 2.53 bits per heavy atom. The van der Waals surface area contributed by atoms with Gasteiger partial charge in [-0.2, -0.15) is 4.98 Å². The first kappa shape index (κ1) is 24.2. The summed E-state index contributed by atoms with van der Waals surface area (Å²) in [5.74, 6) is 1.40. The third-order valence-corrected chi connectivity index (χ3v) is 6.68. The topological polar surface area (TPSA) is 128 Å². The monoisotopic (exact) mass is 449 g/mol. The van der Waals surface area contributed by atoms with E-state index in [0.717, 1.165) is 38.8 Å². The number of carboxylic acid groups (broad SMARTS) is 1. The average molecular weight is 450 g/mol. The highest BCUT2D eigenvalue weighted by Gasteiger charge is 2.40. The van der Waals surface area contributed by atoms with Crippen LogP contribution in [0.2, 0.25) is 0 Å². The highest BCUT2D eigenvalue weighted by Crippen LogP contribution is 2.30. The summed E-state index contributed by atoms with van der Waals surface area (Å²) < 4.78 is 5.15. The number of piperidine rings is 1. The molecule has 1 saturated carbocycles. The van der Waals surface area contributed by atoms with Gasteiger partial charge in [0.05, 0.1) is 19.3 Å². The van der Waals surface area contributed by atoms with Gasteiger partial charge in [-0.1, -0.05) is 6.42 Å². The van der Waals surface area contributed by atoms with Crippen molar-refractivity contribution >= 4 is 18.3 Å². The summed E-state index contributed by atoms with van der Waals surface area (Å²) in [6.45, 7) is 3.01. The van der Waals surface area contributed by atoms with Crippen LogP contribution in [-0.4, -0.2) is 93.8 Å². The van der Waals surface area contributed by atoms with E-state index < -0.39 is 6.10 Å². The maximum absolute atomic E-state index is 13.1. The van der Waals surface area contributed by atoms with Crippen molar-refractivity contribution in [2.45, 2.75) is 63.1 Å². The molecule has 3 heterocycles. The molecule has 4 rings (SSSR count). The van der Waals surface area contributed by atoms with Gasteiger partial charge in [-0.25, -0.2) is 4.98 Å². The molecule has 0 unspecified atom stereocenters. The molecule has 10 heteroatoms. The predicted molar refractivity (Wildman–Crippen MR) is 118 cm³/mol. The lowest BCUT2D eigenvalue weighted by atomic mass is 9.85. The largest absolute Gasteiger partial charge is 0.483 e. The van der Waals surface area contributed by atoms with Crippen molar-refractivity contribution in [3.05, 3.63) is 12.3 Å². The van der Waals surface area contributed by atoms with Gasteiger partial charge in [0.15, 0.2) is 0 Å². The van der Waals surface area contributed by atoms with E-state index in [2.05, 4.69) is 20.2 Å². The summed E-state index contributed by atoms with van der Waals surface area (Å²) >= 11 is 0. The van der Waals surface area contributed by atoms with Gasteiger partial charge in [0.25, 0.3) is 6.47 Å². The summed E-state index contributed by atoms with van der Waals surface area (Å²) in [4.78, 5) is 34.3. The highest BCUT2D eigenvalue weighted by atomic mass is 16.5. The molecule has 3 fully saturated rings. The number of methoxy groups -OCH3 is 1. The summed E-state index contributed by atoms with van der Waals surface area (Å²) in [6.07, 6.45) is 8.51. The van der Waals surface area contributed by atoms with E-state index in [1.54, 1.807) is 19.4 Å². The summed E-state index contributed by atoms with van der Waals surface area (Å²) in [5.41, 5.74) is 0. The van der Waals surface area contributed by atoms with Gasteiger partial charge in [-0.05, 0) is 51.6 Å². The number of anilines is 1. The molecule has 0 radical (unpaired) electrons. The van der Waals surface area contributed by atoms with Crippen LogP contribution >= 0.6 is 0 Å². The number of rotatable bonds is 5. The number of nitrogens with one attached hydrogen (secondary N) is 1. The van der Waals surface area contributed by atoms with Gasteiger partial charge in [-0.15, -0.1) is 0 Å². The molecule has 2 atom stereocenters. The molecule has 1 aromatic rings. The molecule has 0 aromatic carbocycles. The minimum absolute atomic E-state index is 0.0617. The molecule has 1 aromatic heterocycles. The Bertz CT molecular complexity index is 737. The van der Waals surface area contributed by atoms with E-state index in [1.165, 1.54) is 19.3 Å². The van der Waals surface area contributed by atoms with Gasteiger partial charge < -0.3 is 25.2 Å². The summed E-state index contributed by atoms with van der Waals surface area (Å²) in [7, 11) is 1.59. The van der Waals surface area contributed by atoms with Crippen LogP contribution in [0.4, 0.5) is 5.95 Å². The van der Waals surface area contributed by atoms with Crippen molar-refractivity contribution in [3.8, 4) is 5.88 Å². The van der Waals surface area contributed by atoms with E-state index in [4.69, 9.17) is 14.6 Å². The molecule has 178 valence electrons. The Balaban J connectivity index is 0.000000913. The molecule has 1 amide bonds. The zero-order chi connectivity index (χ0) is 22.9. The summed E-state index contributed by atoms with van der Waals surface area (Å²) in [5, 5.41) is 20.8. The lowest BCUT2D eigenvalue weighted by Crippen LogP contribution is -2.46. The fraction of sp³-hybridized carbons (Fsp3) is 0.727. The predicted octanol–water partition coefficient (Wildman–Crippen LogP) is 1.21. The first-order valence-electron chi connectivity index (χ1n) is 11.5. The number of aromatic nitrogens is 2. The van der Waals surface area contributed by atoms with Crippen LogP contribution in [0.1, 0.15) is 44.9 Å². The normalized spacial score (nSPS) is 28.4. The van der Waals surface area contributed by atoms with E-state index >= 15 is 0 Å². The van der Waals surface area contributed by atoms with Crippen molar-refractivity contribution in [1.29, 1.82) is 0 Å². The number of carbonyl (C=O) groups excluding carboxylic acids is 1. The second-order valence-corrected chi connectivity index (χ2v) is 8.70. The first-order valence-corrected chi connectivity index (χ1v) is 11.5. The lowest BCUT2D eigenvalue weighted by Gasteiger charge is -2.34. The van der Waals surface area contributed by atoms with Crippen LogP contribution in [0.3, 0.4) is 0 Å². The van der Waals surface area contributed by atoms with Gasteiger partial charge in [0.2, 0.25) is 17.7 Å². The molecular formula is C22H35N5O5. The quantitative estimate of drug-likeness (QED) is 0.568. The van der Waals surface area contributed by atoms with Crippen molar-refractivity contribution in [3.63, 3.8) is 0 Å². The minimum Gasteiger partial charge on any atom is -0.483 e. The molecule has 0 spiro atoms. The fourth-order valence-corrected chi connectivity index (χ4v) is 5.01. The third kappa shape index (κ3) is 6.29. The van der Waals surface area contributed by atoms with Crippen molar-refractivity contribution in [2.75, 3.05) is 38.6 Å². The summed E-state index contributed by atoms with van der Waals surface area (Å²) in [6, 6.07) is 2.11. The Morgan fingerprint density at radius 2 is 1.88 bits per heavy atom. The number of nitrogens with zero attached hydrogens (tertiary/aromatic N) is 4. The molecule has 0 bridgehead atoms. The number of amides is 1. The van der Waals surface area contributed by atoms with Crippen LogP contribution in [0.5, 0.6) is 5.88 Å². The second-order valence-electron chi connectivity index (χ2n) is 8.70. The number of likely N-dealkylation sites (tertiary alicyclic amines) is 2. The standard InChI is InChI=1S/C21H33N5O3.CH2O2/c1-29-19-9-10-22-21(24-19)23-16-7-5-15(6-8-16)20(28)26-13-17(18(27)14-26)25-11-3-2-4-12-25;2-1-3/h9-10,15-18,27H,2-8,11-14H2,1H3,(H,22,23,24);1H,(H,2,3)/t15?,16?,17-,18-;/m0./s1. The minimum atomic E-state index is -0.416.